The molecule has 2 aromatic rings. The molecule has 0 aliphatic rings. The van der Waals surface area contributed by atoms with Crippen molar-refractivity contribution in [2.75, 3.05) is 19.4 Å². The van der Waals surface area contributed by atoms with Gasteiger partial charge in [-0.05, 0) is 34.1 Å². The third-order valence-electron chi connectivity index (χ3n) is 2.63. The van der Waals surface area contributed by atoms with Crippen LogP contribution in [0.1, 0.15) is 5.76 Å². The minimum Gasteiger partial charge on any atom is -0.446 e. The number of hydrogen-bond donors (Lipinski definition) is 1. The van der Waals surface area contributed by atoms with E-state index in [0.29, 0.717) is 23.1 Å². The minimum absolute atomic E-state index is 0.0947. The summed E-state index contributed by atoms with van der Waals surface area (Å²) in [5, 5.41) is 3.27. The van der Waals surface area contributed by atoms with Crippen LogP contribution in [0.15, 0.2) is 38.4 Å². The van der Waals surface area contributed by atoms with Crippen LogP contribution in [0, 0.1) is 0 Å². The zero-order valence-corrected chi connectivity index (χ0v) is 14.5. The number of anilines is 1. The van der Waals surface area contributed by atoms with Crippen LogP contribution >= 0.6 is 27.5 Å². The van der Waals surface area contributed by atoms with Gasteiger partial charge in [-0.3, -0.25) is 0 Å². The predicted molar refractivity (Wildman–Crippen MR) is 83.9 cm³/mol. The van der Waals surface area contributed by atoms with Gasteiger partial charge in [0.1, 0.15) is 5.76 Å². The second-order valence-corrected chi connectivity index (χ2v) is 7.71. The van der Waals surface area contributed by atoms with Crippen LogP contribution in [0.25, 0.3) is 0 Å². The zero-order valence-electron chi connectivity index (χ0n) is 11.3. The van der Waals surface area contributed by atoms with Gasteiger partial charge in [0, 0.05) is 24.8 Å². The highest BCUT2D eigenvalue weighted by Crippen LogP contribution is 2.24. The van der Waals surface area contributed by atoms with E-state index < -0.39 is 10.0 Å². The molecule has 2 heterocycles. The monoisotopic (exact) mass is 393 g/mol. The number of sulfonamides is 1. The Labute approximate surface area is 136 Å². The summed E-state index contributed by atoms with van der Waals surface area (Å²) in [4.78, 5) is 3.98. The van der Waals surface area contributed by atoms with Gasteiger partial charge in [0.05, 0.1) is 12.2 Å². The average Bonchev–Trinajstić information content (AvgIpc) is 2.89. The predicted octanol–water partition coefficient (Wildman–Crippen LogP) is 2.95. The standard InChI is InChI=1S/C12H13BrClN3O3S/c1-17(2)21(18,19)11-4-3-9(20-11)7-15-10-5-8(13)6-16-12(10)14/h3-6,15H,7H2,1-2H3. The smallest absolute Gasteiger partial charge is 0.275 e. The number of aromatic nitrogens is 1. The Bertz CT molecular complexity index is 746. The Morgan fingerprint density at radius 1 is 1.43 bits per heavy atom. The lowest BCUT2D eigenvalue weighted by Crippen LogP contribution is -2.21. The van der Waals surface area contributed by atoms with E-state index in [1.54, 1.807) is 18.3 Å². The molecule has 0 fully saturated rings. The third kappa shape index (κ3) is 3.76. The van der Waals surface area contributed by atoms with Gasteiger partial charge < -0.3 is 9.73 Å². The van der Waals surface area contributed by atoms with Crippen LogP contribution in [0.4, 0.5) is 5.69 Å². The van der Waals surface area contributed by atoms with Crippen LogP contribution in [-0.4, -0.2) is 31.8 Å². The van der Waals surface area contributed by atoms with E-state index in [0.717, 1.165) is 8.78 Å². The van der Waals surface area contributed by atoms with E-state index in [4.69, 9.17) is 16.0 Å². The normalized spacial score (nSPS) is 11.9. The molecule has 0 aliphatic heterocycles. The van der Waals surface area contributed by atoms with Crippen molar-refractivity contribution in [3.8, 4) is 0 Å². The van der Waals surface area contributed by atoms with Crippen molar-refractivity contribution < 1.29 is 12.8 Å². The van der Waals surface area contributed by atoms with Crippen LogP contribution in [-0.2, 0) is 16.6 Å². The molecule has 0 aliphatic carbocycles. The Kier molecular flexibility index (Phi) is 4.92. The zero-order chi connectivity index (χ0) is 15.6. The minimum atomic E-state index is -3.56. The summed E-state index contributed by atoms with van der Waals surface area (Å²) in [5.41, 5.74) is 0.624. The molecule has 0 bridgehead atoms. The molecule has 0 amide bonds. The molecule has 0 unspecified atom stereocenters. The van der Waals surface area contributed by atoms with Crippen molar-refractivity contribution >= 4 is 43.2 Å². The number of pyridine rings is 1. The molecule has 0 aromatic carbocycles. The molecule has 0 radical (unpaired) electrons. The highest BCUT2D eigenvalue weighted by Gasteiger charge is 2.21. The highest BCUT2D eigenvalue weighted by molar-refractivity contribution is 9.10. The topological polar surface area (TPSA) is 75.4 Å². The quantitative estimate of drug-likeness (QED) is 0.789. The Hall–Kier alpha value is -1.09. The molecular weight excluding hydrogens is 382 g/mol. The maximum absolute atomic E-state index is 11.9. The molecule has 114 valence electrons. The van der Waals surface area contributed by atoms with E-state index >= 15 is 0 Å². The van der Waals surface area contributed by atoms with Crippen molar-refractivity contribution in [1.82, 2.24) is 9.29 Å². The number of nitrogens with zero attached hydrogens (tertiary/aromatic N) is 2. The van der Waals surface area contributed by atoms with Gasteiger partial charge in [0.25, 0.3) is 10.0 Å². The number of hydrogen-bond acceptors (Lipinski definition) is 5. The summed E-state index contributed by atoms with van der Waals surface area (Å²) >= 11 is 9.25. The lowest BCUT2D eigenvalue weighted by Gasteiger charge is -2.08. The molecule has 9 heteroatoms. The highest BCUT2D eigenvalue weighted by atomic mass is 79.9. The first kappa shape index (κ1) is 16.3. The van der Waals surface area contributed by atoms with E-state index in [1.807, 2.05) is 0 Å². The van der Waals surface area contributed by atoms with Crippen molar-refractivity contribution in [3.05, 3.63) is 39.8 Å². The van der Waals surface area contributed by atoms with Crippen LogP contribution < -0.4 is 5.32 Å². The fraction of sp³-hybridized carbons (Fsp3) is 0.250. The largest absolute Gasteiger partial charge is 0.446 e. The first-order chi connectivity index (χ1) is 9.80. The molecular formula is C12H13BrClN3O3S. The van der Waals surface area contributed by atoms with E-state index in [9.17, 15) is 8.42 Å². The van der Waals surface area contributed by atoms with Crippen LogP contribution in [0.3, 0.4) is 0 Å². The number of furan rings is 1. The molecule has 6 nitrogen and oxygen atoms in total. The van der Waals surface area contributed by atoms with Gasteiger partial charge in [-0.1, -0.05) is 11.6 Å². The Morgan fingerprint density at radius 2 is 2.14 bits per heavy atom. The molecule has 21 heavy (non-hydrogen) atoms. The lowest BCUT2D eigenvalue weighted by atomic mass is 10.4. The fourth-order valence-electron chi connectivity index (χ4n) is 1.50. The molecule has 1 N–H and O–H groups in total. The summed E-state index contributed by atoms with van der Waals surface area (Å²) in [5.74, 6) is 0.478. The van der Waals surface area contributed by atoms with Gasteiger partial charge in [-0.25, -0.2) is 17.7 Å². The summed E-state index contributed by atoms with van der Waals surface area (Å²) in [6.45, 7) is 0.292. The van der Waals surface area contributed by atoms with Gasteiger partial charge in [0.15, 0.2) is 5.15 Å². The van der Waals surface area contributed by atoms with Crippen molar-refractivity contribution in [2.24, 2.45) is 0 Å². The molecule has 0 atom stereocenters. The van der Waals surface area contributed by atoms with E-state index in [-0.39, 0.29) is 5.09 Å². The number of rotatable bonds is 5. The summed E-state index contributed by atoms with van der Waals surface area (Å²) in [6.07, 6.45) is 1.59. The number of halogens is 2. The second kappa shape index (κ2) is 6.35. The first-order valence-electron chi connectivity index (χ1n) is 5.87. The average molecular weight is 395 g/mol. The maximum atomic E-state index is 11.9. The van der Waals surface area contributed by atoms with Crippen molar-refractivity contribution in [3.63, 3.8) is 0 Å². The van der Waals surface area contributed by atoms with Gasteiger partial charge >= 0.3 is 0 Å². The van der Waals surface area contributed by atoms with Gasteiger partial charge in [0.2, 0.25) is 5.09 Å². The van der Waals surface area contributed by atoms with Crippen molar-refractivity contribution in [1.29, 1.82) is 0 Å². The van der Waals surface area contributed by atoms with E-state index in [2.05, 4.69) is 26.2 Å². The molecule has 0 saturated heterocycles. The first-order valence-corrected chi connectivity index (χ1v) is 8.48. The Morgan fingerprint density at radius 3 is 2.81 bits per heavy atom. The molecule has 2 aromatic heterocycles. The molecule has 2 rings (SSSR count). The van der Waals surface area contributed by atoms with E-state index in [1.165, 1.54) is 20.2 Å². The van der Waals surface area contributed by atoms with Gasteiger partial charge in [-0.2, -0.15) is 0 Å². The SMILES string of the molecule is CN(C)S(=O)(=O)c1ccc(CNc2cc(Br)cnc2Cl)o1. The Balaban J connectivity index is 2.12. The molecule has 0 saturated carbocycles. The fourth-order valence-corrected chi connectivity index (χ4v) is 2.81. The van der Waals surface area contributed by atoms with Gasteiger partial charge in [-0.15, -0.1) is 0 Å². The summed E-state index contributed by atoms with van der Waals surface area (Å²) in [7, 11) is -0.667. The summed E-state index contributed by atoms with van der Waals surface area (Å²) in [6, 6.07) is 4.80. The maximum Gasteiger partial charge on any atom is 0.275 e. The number of nitrogens with one attached hydrogen (secondary N) is 1. The van der Waals surface area contributed by atoms with Crippen molar-refractivity contribution in [2.45, 2.75) is 11.6 Å². The summed E-state index contributed by atoms with van der Waals surface area (Å²) < 4.78 is 31.0. The van der Waals surface area contributed by atoms with Crippen LogP contribution in [0.5, 0.6) is 0 Å². The second-order valence-electron chi connectivity index (χ2n) is 4.35. The lowest BCUT2D eigenvalue weighted by molar-refractivity contribution is 0.402. The molecule has 0 spiro atoms. The third-order valence-corrected chi connectivity index (χ3v) is 5.05. The van der Waals surface area contributed by atoms with Crippen LogP contribution in [0.2, 0.25) is 5.15 Å².